The molecule has 1 saturated heterocycles. The van der Waals surface area contributed by atoms with Gasteiger partial charge in [0.15, 0.2) is 11.5 Å². The molecule has 1 aliphatic heterocycles. The summed E-state index contributed by atoms with van der Waals surface area (Å²) in [5.74, 6) is 0.339. The highest BCUT2D eigenvalue weighted by molar-refractivity contribution is 8.26. The van der Waals surface area contributed by atoms with E-state index in [0.29, 0.717) is 14.8 Å². The van der Waals surface area contributed by atoms with E-state index in [9.17, 15) is 9.90 Å². The standard InChI is InChI=1S/C13H13NO4S2/c1-14-12(16)10(20-13(14)19)6-7-4-8(17-2)11(15)9(5-7)18-3/h4-6,15H,1-3H3/b10-6+. The van der Waals surface area contributed by atoms with Gasteiger partial charge in [-0.2, -0.15) is 0 Å². The SMILES string of the molecule is COc1cc(/C=C2/SC(=S)N(C)C2=O)cc(OC)c1O. The summed E-state index contributed by atoms with van der Waals surface area (Å²) in [6, 6.07) is 3.25. The van der Waals surface area contributed by atoms with Crippen LogP contribution in [0.3, 0.4) is 0 Å². The van der Waals surface area contributed by atoms with Gasteiger partial charge in [-0.1, -0.05) is 24.0 Å². The first-order chi connectivity index (χ1) is 9.47. The molecule has 1 amide bonds. The topological polar surface area (TPSA) is 59.0 Å². The summed E-state index contributed by atoms with van der Waals surface area (Å²) in [6.45, 7) is 0. The molecule has 5 nitrogen and oxygen atoms in total. The Hall–Kier alpha value is -1.73. The van der Waals surface area contributed by atoms with Crippen LogP contribution in [0.4, 0.5) is 0 Å². The lowest BCUT2D eigenvalue weighted by molar-refractivity contribution is -0.121. The van der Waals surface area contributed by atoms with Crippen LogP contribution in [-0.2, 0) is 4.79 Å². The number of phenolic OH excluding ortho intramolecular Hbond substituents is 1. The van der Waals surface area contributed by atoms with Crippen molar-refractivity contribution in [1.82, 2.24) is 4.90 Å². The fourth-order valence-corrected chi connectivity index (χ4v) is 2.87. The number of methoxy groups -OCH3 is 2. The second kappa shape index (κ2) is 5.72. The first-order valence-electron chi connectivity index (χ1n) is 5.64. The molecule has 2 rings (SSSR count). The fourth-order valence-electron chi connectivity index (χ4n) is 1.69. The Morgan fingerprint density at radius 2 is 1.85 bits per heavy atom. The molecule has 20 heavy (non-hydrogen) atoms. The first-order valence-corrected chi connectivity index (χ1v) is 6.87. The Morgan fingerprint density at radius 1 is 1.30 bits per heavy atom. The lowest BCUT2D eigenvalue weighted by atomic mass is 10.1. The third-order valence-corrected chi connectivity index (χ3v) is 4.27. The summed E-state index contributed by atoms with van der Waals surface area (Å²) >= 11 is 6.30. The largest absolute Gasteiger partial charge is 0.502 e. The third-order valence-electron chi connectivity index (χ3n) is 2.79. The van der Waals surface area contributed by atoms with Crippen LogP contribution in [0.2, 0.25) is 0 Å². The van der Waals surface area contributed by atoms with Crippen molar-refractivity contribution in [3.63, 3.8) is 0 Å². The average Bonchev–Trinajstić information content (AvgIpc) is 2.68. The lowest BCUT2D eigenvalue weighted by Crippen LogP contribution is -2.22. The van der Waals surface area contributed by atoms with Crippen LogP contribution in [0.5, 0.6) is 17.2 Å². The van der Waals surface area contributed by atoms with Crippen LogP contribution in [0.15, 0.2) is 17.0 Å². The summed E-state index contributed by atoms with van der Waals surface area (Å²) in [5.41, 5.74) is 0.686. The molecule has 0 aromatic heterocycles. The second-order valence-corrected chi connectivity index (χ2v) is 5.69. The number of carbonyl (C=O) groups excluding carboxylic acids is 1. The molecule has 0 unspecified atom stereocenters. The predicted molar refractivity (Wildman–Crippen MR) is 82.1 cm³/mol. The zero-order valence-electron chi connectivity index (χ0n) is 11.2. The van der Waals surface area contributed by atoms with E-state index in [4.69, 9.17) is 21.7 Å². The van der Waals surface area contributed by atoms with Gasteiger partial charge in [-0.25, -0.2) is 0 Å². The number of rotatable bonds is 3. The Bertz CT molecular complexity index is 587. The van der Waals surface area contributed by atoms with Crippen molar-refractivity contribution in [3.05, 3.63) is 22.6 Å². The minimum absolute atomic E-state index is 0.0739. The molecule has 7 heteroatoms. The van der Waals surface area contributed by atoms with Crippen molar-refractivity contribution in [2.45, 2.75) is 0 Å². The number of ether oxygens (including phenoxy) is 2. The second-order valence-electron chi connectivity index (χ2n) is 4.01. The quantitative estimate of drug-likeness (QED) is 0.682. The number of carbonyl (C=O) groups is 1. The number of thiocarbonyl (C=S) groups is 1. The molecule has 1 fully saturated rings. The van der Waals surface area contributed by atoms with Gasteiger partial charge in [0, 0.05) is 7.05 Å². The molecule has 0 saturated carbocycles. The summed E-state index contributed by atoms with van der Waals surface area (Å²) in [4.78, 5) is 13.9. The number of amides is 1. The van der Waals surface area contributed by atoms with Crippen LogP contribution in [0.1, 0.15) is 5.56 Å². The minimum Gasteiger partial charge on any atom is -0.502 e. The van der Waals surface area contributed by atoms with E-state index in [1.54, 1.807) is 25.3 Å². The average molecular weight is 311 g/mol. The zero-order chi connectivity index (χ0) is 14.9. The number of likely N-dealkylation sites (N-methyl/N-ethyl adjacent to an activating group) is 1. The highest BCUT2D eigenvalue weighted by Crippen LogP contribution is 2.39. The van der Waals surface area contributed by atoms with E-state index >= 15 is 0 Å². The molecular formula is C13H13NO4S2. The number of phenols is 1. The first kappa shape index (κ1) is 14.7. The molecule has 0 aliphatic carbocycles. The molecule has 0 spiro atoms. The van der Waals surface area contributed by atoms with E-state index in [0.717, 1.165) is 0 Å². The normalized spacial score (nSPS) is 16.9. The third kappa shape index (κ3) is 2.59. The van der Waals surface area contributed by atoms with Crippen molar-refractivity contribution in [3.8, 4) is 17.2 Å². The van der Waals surface area contributed by atoms with Crippen LogP contribution in [-0.4, -0.2) is 41.5 Å². The molecule has 0 bridgehead atoms. The van der Waals surface area contributed by atoms with Gasteiger partial charge in [-0.15, -0.1) is 0 Å². The molecule has 1 heterocycles. The van der Waals surface area contributed by atoms with E-state index < -0.39 is 0 Å². The Balaban J connectivity index is 2.44. The molecule has 0 atom stereocenters. The van der Waals surface area contributed by atoms with Gasteiger partial charge in [0.25, 0.3) is 5.91 Å². The molecule has 1 aromatic rings. The maximum atomic E-state index is 11.9. The van der Waals surface area contributed by atoms with Crippen LogP contribution in [0, 0.1) is 0 Å². The van der Waals surface area contributed by atoms with Gasteiger partial charge in [-0.05, 0) is 23.8 Å². The Labute approximate surface area is 126 Å². The fraction of sp³-hybridized carbons (Fsp3) is 0.231. The molecule has 1 aliphatic rings. The highest BCUT2D eigenvalue weighted by atomic mass is 32.2. The van der Waals surface area contributed by atoms with Gasteiger partial charge in [0.2, 0.25) is 5.75 Å². The number of thioether (sulfide) groups is 1. The van der Waals surface area contributed by atoms with Gasteiger partial charge >= 0.3 is 0 Å². The summed E-state index contributed by atoms with van der Waals surface area (Å²) in [5, 5.41) is 9.84. The highest BCUT2D eigenvalue weighted by Gasteiger charge is 2.28. The molecule has 0 radical (unpaired) electrons. The Kier molecular flexibility index (Phi) is 4.20. The number of hydrogen-bond donors (Lipinski definition) is 1. The van der Waals surface area contributed by atoms with Crippen molar-refractivity contribution in [1.29, 1.82) is 0 Å². The number of benzene rings is 1. The van der Waals surface area contributed by atoms with Gasteiger partial charge < -0.3 is 14.6 Å². The predicted octanol–water partition coefficient (Wildman–Crippen LogP) is 2.24. The lowest BCUT2D eigenvalue weighted by Gasteiger charge is -2.09. The molecule has 1 N–H and O–H groups in total. The number of hydrogen-bond acceptors (Lipinski definition) is 6. The van der Waals surface area contributed by atoms with Gasteiger partial charge in [-0.3, -0.25) is 9.69 Å². The Morgan fingerprint density at radius 3 is 2.25 bits per heavy atom. The molecule has 106 valence electrons. The number of nitrogens with zero attached hydrogens (tertiary/aromatic N) is 1. The summed E-state index contributed by atoms with van der Waals surface area (Å²) in [6.07, 6.45) is 1.69. The summed E-state index contributed by atoms with van der Waals surface area (Å²) < 4.78 is 10.7. The van der Waals surface area contributed by atoms with E-state index in [1.165, 1.54) is 30.9 Å². The monoisotopic (exact) mass is 311 g/mol. The minimum atomic E-state index is -0.147. The smallest absolute Gasteiger partial charge is 0.265 e. The van der Waals surface area contributed by atoms with Gasteiger partial charge in [0.05, 0.1) is 19.1 Å². The van der Waals surface area contributed by atoms with E-state index in [-0.39, 0.29) is 23.2 Å². The number of aromatic hydroxyl groups is 1. The van der Waals surface area contributed by atoms with Crippen LogP contribution in [0.25, 0.3) is 6.08 Å². The van der Waals surface area contributed by atoms with Crippen molar-refractivity contribution in [2.24, 2.45) is 0 Å². The van der Waals surface area contributed by atoms with E-state index in [1.807, 2.05) is 0 Å². The maximum absolute atomic E-state index is 11.9. The molecular weight excluding hydrogens is 298 g/mol. The van der Waals surface area contributed by atoms with Crippen LogP contribution >= 0.6 is 24.0 Å². The van der Waals surface area contributed by atoms with Gasteiger partial charge in [0.1, 0.15) is 4.32 Å². The maximum Gasteiger partial charge on any atom is 0.265 e. The van der Waals surface area contributed by atoms with Crippen molar-refractivity contribution >= 4 is 40.3 Å². The summed E-state index contributed by atoms with van der Waals surface area (Å²) in [7, 11) is 4.53. The zero-order valence-corrected chi connectivity index (χ0v) is 12.8. The molecule has 1 aromatic carbocycles. The van der Waals surface area contributed by atoms with Crippen LogP contribution < -0.4 is 9.47 Å². The van der Waals surface area contributed by atoms with E-state index in [2.05, 4.69) is 0 Å². The van der Waals surface area contributed by atoms with Crippen molar-refractivity contribution < 1.29 is 19.4 Å². The van der Waals surface area contributed by atoms with Crippen molar-refractivity contribution in [2.75, 3.05) is 21.3 Å².